The predicted molar refractivity (Wildman–Crippen MR) is 70.2 cm³/mol. The lowest BCUT2D eigenvalue weighted by Crippen LogP contribution is -2.21. The molecule has 2 aromatic rings. The van der Waals surface area contributed by atoms with E-state index in [1.165, 1.54) is 0 Å². The first-order chi connectivity index (χ1) is 8.22. The van der Waals surface area contributed by atoms with Gasteiger partial charge in [-0.1, -0.05) is 29.8 Å². The van der Waals surface area contributed by atoms with Crippen molar-refractivity contribution in [1.29, 1.82) is 0 Å². The number of nitrogens with one attached hydrogen (secondary N) is 1. The summed E-state index contributed by atoms with van der Waals surface area (Å²) in [5.74, 6) is 0. The van der Waals surface area contributed by atoms with E-state index in [1.807, 2.05) is 49.4 Å². The number of rotatable bonds is 4. The van der Waals surface area contributed by atoms with Crippen LogP contribution in [0, 0.1) is 0 Å². The largest absolute Gasteiger partial charge is 0.336 e. The van der Waals surface area contributed by atoms with Gasteiger partial charge in [0.05, 0.1) is 18.1 Å². The molecule has 0 aliphatic heterocycles. The lowest BCUT2D eigenvalue weighted by atomic mass is 10.0. The molecule has 1 aromatic heterocycles. The van der Waals surface area contributed by atoms with E-state index in [2.05, 4.69) is 16.4 Å². The maximum Gasteiger partial charge on any atom is 0.0946 e. The zero-order valence-corrected chi connectivity index (χ0v) is 10.8. The second-order valence-corrected chi connectivity index (χ2v) is 4.47. The molecule has 17 heavy (non-hydrogen) atoms. The molecule has 1 aromatic carbocycles. The minimum Gasteiger partial charge on any atom is -0.336 e. The van der Waals surface area contributed by atoms with Gasteiger partial charge in [0.2, 0.25) is 0 Å². The Morgan fingerprint density at radius 1 is 1.41 bits per heavy atom. The Hall–Kier alpha value is -1.32. The minimum atomic E-state index is 0.224. The zero-order chi connectivity index (χ0) is 12.3. The number of likely N-dealkylation sites (N-methyl/N-ethyl adjacent to an activating group) is 1. The highest BCUT2D eigenvalue weighted by molar-refractivity contribution is 6.31. The predicted octanol–water partition coefficient (Wildman–Crippen LogP) is 2.58. The number of imidazole rings is 1. The molecular formula is C13H16ClN3. The van der Waals surface area contributed by atoms with Gasteiger partial charge < -0.3 is 9.88 Å². The van der Waals surface area contributed by atoms with E-state index in [4.69, 9.17) is 11.6 Å². The van der Waals surface area contributed by atoms with Crippen LogP contribution in [0.4, 0.5) is 0 Å². The van der Waals surface area contributed by atoms with E-state index in [0.29, 0.717) is 0 Å². The maximum atomic E-state index is 6.18. The summed E-state index contributed by atoms with van der Waals surface area (Å²) < 4.78 is 2.03. The normalized spacial score (nSPS) is 12.6. The third kappa shape index (κ3) is 2.68. The SMILES string of the molecule is CNC(Cc1ccccc1Cl)c1cncn1C. The fourth-order valence-electron chi connectivity index (χ4n) is 1.94. The molecule has 1 heterocycles. The van der Waals surface area contributed by atoms with Gasteiger partial charge in [-0.3, -0.25) is 0 Å². The molecule has 90 valence electrons. The fourth-order valence-corrected chi connectivity index (χ4v) is 2.15. The third-order valence-electron chi connectivity index (χ3n) is 2.94. The van der Waals surface area contributed by atoms with Crippen LogP contribution in [0.25, 0.3) is 0 Å². The van der Waals surface area contributed by atoms with Crippen LogP contribution in [0.5, 0.6) is 0 Å². The number of aryl methyl sites for hydroxylation is 1. The smallest absolute Gasteiger partial charge is 0.0946 e. The summed E-state index contributed by atoms with van der Waals surface area (Å²) in [5, 5.41) is 4.12. The van der Waals surface area contributed by atoms with E-state index < -0.39 is 0 Å². The van der Waals surface area contributed by atoms with Gasteiger partial charge in [-0.05, 0) is 25.1 Å². The summed E-state index contributed by atoms with van der Waals surface area (Å²) in [7, 11) is 3.95. The average Bonchev–Trinajstić information content (AvgIpc) is 2.75. The van der Waals surface area contributed by atoms with Crippen molar-refractivity contribution in [2.75, 3.05) is 7.05 Å². The number of hydrogen-bond donors (Lipinski definition) is 1. The topological polar surface area (TPSA) is 29.9 Å². The van der Waals surface area contributed by atoms with E-state index in [-0.39, 0.29) is 6.04 Å². The molecule has 1 N–H and O–H groups in total. The number of hydrogen-bond acceptors (Lipinski definition) is 2. The second-order valence-electron chi connectivity index (χ2n) is 4.07. The molecule has 0 radical (unpaired) electrons. The van der Waals surface area contributed by atoms with Crippen molar-refractivity contribution in [3.05, 3.63) is 53.1 Å². The first-order valence-corrected chi connectivity index (χ1v) is 5.97. The van der Waals surface area contributed by atoms with Crippen molar-refractivity contribution >= 4 is 11.6 Å². The van der Waals surface area contributed by atoms with Crippen LogP contribution < -0.4 is 5.32 Å². The molecule has 4 heteroatoms. The number of nitrogens with zero attached hydrogens (tertiary/aromatic N) is 2. The Kier molecular flexibility index (Phi) is 3.82. The van der Waals surface area contributed by atoms with Crippen molar-refractivity contribution in [2.24, 2.45) is 7.05 Å². The van der Waals surface area contributed by atoms with Crippen molar-refractivity contribution in [2.45, 2.75) is 12.5 Å². The van der Waals surface area contributed by atoms with E-state index in [9.17, 15) is 0 Å². The zero-order valence-electron chi connectivity index (χ0n) is 10.0. The van der Waals surface area contributed by atoms with Crippen LogP contribution in [0.2, 0.25) is 5.02 Å². The van der Waals surface area contributed by atoms with Crippen LogP contribution in [-0.2, 0) is 13.5 Å². The molecule has 3 nitrogen and oxygen atoms in total. The summed E-state index contributed by atoms with van der Waals surface area (Å²) >= 11 is 6.18. The van der Waals surface area contributed by atoms with Crippen molar-refractivity contribution < 1.29 is 0 Å². The summed E-state index contributed by atoms with van der Waals surface area (Å²) in [6.07, 6.45) is 4.56. The standard InChI is InChI=1S/C13H16ClN3/c1-15-12(13-8-16-9-17(13)2)7-10-5-3-4-6-11(10)14/h3-6,8-9,12,15H,7H2,1-2H3. The first kappa shape index (κ1) is 12.1. The van der Waals surface area contributed by atoms with Gasteiger partial charge >= 0.3 is 0 Å². The van der Waals surface area contributed by atoms with Crippen LogP contribution in [0.15, 0.2) is 36.8 Å². The summed E-state index contributed by atoms with van der Waals surface area (Å²) in [4.78, 5) is 4.14. The van der Waals surface area contributed by atoms with Crippen LogP contribution >= 0.6 is 11.6 Å². The number of aromatic nitrogens is 2. The molecule has 1 unspecified atom stereocenters. The number of benzene rings is 1. The summed E-state index contributed by atoms with van der Waals surface area (Å²) in [5.41, 5.74) is 2.31. The molecule has 0 aliphatic rings. The van der Waals surface area contributed by atoms with Gasteiger partial charge in [-0.15, -0.1) is 0 Å². The molecular weight excluding hydrogens is 234 g/mol. The van der Waals surface area contributed by atoms with Gasteiger partial charge in [0.15, 0.2) is 0 Å². The van der Waals surface area contributed by atoms with Crippen LogP contribution in [-0.4, -0.2) is 16.6 Å². The van der Waals surface area contributed by atoms with Gasteiger partial charge in [0.25, 0.3) is 0 Å². The third-order valence-corrected chi connectivity index (χ3v) is 3.31. The highest BCUT2D eigenvalue weighted by atomic mass is 35.5. The highest BCUT2D eigenvalue weighted by Crippen LogP contribution is 2.22. The summed E-state index contributed by atoms with van der Waals surface area (Å²) in [6.45, 7) is 0. The fraction of sp³-hybridized carbons (Fsp3) is 0.308. The van der Waals surface area contributed by atoms with Crippen molar-refractivity contribution in [3.63, 3.8) is 0 Å². The molecule has 0 amide bonds. The molecule has 0 spiro atoms. The van der Waals surface area contributed by atoms with E-state index in [1.54, 1.807) is 0 Å². The quantitative estimate of drug-likeness (QED) is 0.903. The Bertz CT molecular complexity index is 493. The van der Waals surface area contributed by atoms with Gasteiger partial charge in [0.1, 0.15) is 0 Å². The molecule has 0 saturated heterocycles. The molecule has 0 saturated carbocycles. The summed E-state index contributed by atoms with van der Waals surface area (Å²) in [6, 6.07) is 8.17. The Labute approximate surface area is 106 Å². The maximum absolute atomic E-state index is 6.18. The Morgan fingerprint density at radius 3 is 2.76 bits per heavy atom. The average molecular weight is 250 g/mol. The molecule has 0 aliphatic carbocycles. The monoisotopic (exact) mass is 249 g/mol. The van der Waals surface area contributed by atoms with E-state index in [0.717, 1.165) is 22.7 Å². The van der Waals surface area contributed by atoms with Crippen molar-refractivity contribution in [1.82, 2.24) is 14.9 Å². The minimum absolute atomic E-state index is 0.224. The number of halogens is 1. The molecule has 2 rings (SSSR count). The van der Waals surface area contributed by atoms with Crippen LogP contribution in [0.3, 0.4) is 0 Å². The molecule has 1 atom stereocenters. The van der Waals surface area contributed by atoms with Gasteiger partial charge in [0, 0.05) is 18.3 Å². The second kappa shape index (κ2) is 5.34. The molecule has 0 fully saturated rings. The van der Waals surface area contributed by atoms with Crippen LogP contribution in [0.1, 0.15) is 17.3 Å². The Morgan fingerprint density at radius 2 is 2.18 bits per heavy atom. The Balaban J connectivity index is 2.22. The lowest BCUT2D eigenvalue weighted by molar-refractivity contribution is 0.555. The lowest BCUT2D eigenvalue weighted by Gasteiger charge is -2.17. The van der Waals surface area contributed by atoms with E-state index >= 15 is 0 Å². The molecule has 0 bridgehead atoms. The van der Waals surface area contributed by atoms with Crippen molar-refractivity contribution in [3.8, 4) is 0 Å². The van der Waals surface area contributed by atoms with Gasteiger partial charge in [-0.25, -0.2) is 4.98 Å². The first-order valence-electron chi connectivity index (χ1n) is 5.59. The van der Waals surface area contributed by atoms with Gasteiger partial charge in [-0.2, -0.15) is 0 Å². The highest BCUT2D eigenvalue weighted by Gasteiger charge is 2.14.